The van der Waals surface area contributed by atoms with Crippen LogP contribution in [-0.4, -0.2) is 9.78 Å². The second-order valence-corrected chi connectivity index (χ2v) is 4.56. The van der Waals surface area contributed by atoms with E-state index < -0.39 is 0 Å². The summed E-state index contributed by atoms with van der Waals surface area (Å²) >= 11 is 0. The van der Waals surface area contributed by atoms with Crippen LogP contribution in [0.5, 0.6) is 0 Å². The molecule has 1 unspecified atom stereocenters. The molecule has 1 heterocycles. The lowest BCUT2D eigenvalue weighted by molar-refractivity contribution is 0.675. The Morgan fingerprint density at radius 2 is 2.00 bits per heavy atom. The molecule has 1 atom stereocenters. The number of nitrogens with one attached hydrogen (secondary N) is 1. The van der Waals surface area contributed by atoms with Crippen LogP contribution in [0, 0.1) is 13.8 Å². The SMILES string of the molecule is Cc1ccc(NC(C)c2ccnn2C)c(C)c1. The van der Waals surface area contributed by atoms with Gasteiger partial charge >= 0.3 is 0 Å². The monoisotopic (exact) mass is 229 g/mol. The van der Waals surface area contributed by atoms with Crippen LogP contribution < -0.4 is 5.32 Å². The molecule has 1 aromatic carbocycles. The van der Waals surface area contributed by atoms with E-state index in [4.69, 9.17) is 0 Å². The molecule has 0 saturated heterocycles. The van der Waals surface area contributed by atoms with Crippen LogP contribution in [0.4, 0.5) is 5.69 Å². The molecule has 1 aromatic heterocycles. The lowest BCUT2D eigenvalue weighted by atomic mass is 10.1. The minimum absolute atomic E-state index is 0.254. The molecule has 0 spiro atoms. The molecule has 17 heavy (non-hydrogen) atoms. The number of anilines is 1. The smallest absolute Gasteiger partial charge is 0.0654 e. The zero-order valence-corrected chi connectivity index (χ0v) is 10.9. The number of nitrogens with zero attached hydrogens (tertiary/aromatic N) is 2. The van der Waals surface area contributed by atoms with Gasteiger partial charge in [0.25, 0.3) is 0 Å². The van der Waals surface area contributed by atoms with Crippen LogP contribution in [0.1, 0.15) is 29.8 Å². The van der Waals surface area contributed by atoms with Crippen LogP contribution in [0.3, 0.4) is 0 Å². The van der Waals surface area contributed by atoms with E-state index >= 15 is 0 Å². The first kappa shape index (κ1) is 11.7. The van der Waals surface area contributed by atoms with Crippen LogP contribution in [-0.2, 0) is 7.05 Å². The van der Waals surface area contributed by atoms with Crippen LogP contribution in [0.2, 0.25) is 0 Å². The average molecular weight is 229 g/mol. The van der Waals surface area contributed by atoms with E-state index in [2.05, 4.69) is 49.4 Å². The number of hydrogen-bond acceptors (Lipinski definition) is 2. The first-order valence-electron chi connectivity index (χ1n) is 5.89. The number of aryl methyl sites for hydroxylation is 3. The number of rotatable bonds is 3. The molecule has 0 fully saturated rings. The molecule has 0 amide bonds. The Labute approximate surface area is 102 Å². The third-order valence-electron chi connectivity index (χ3n) is 3.06. The summed E-state index contributed by atoms with van der Waals surface area (Å²) in [5.41, 5.74) is 4.94. The van der Waals surface area contributed by atoms with Crippen molar-refractivity contribution in [3.63, 3.8) is 0 Å². The van der Waals surface area contributed by atoms with E-state index in [1.165, 1.54) is 22.5 Å². The predicted octanol–water partition coefficient (Wildman–Crippen LogP) is 3.21. The number of benzene rings is 1. The zero-order chi connectivity index (χ0) is 12.4. The van der Waals surface area contributed by atoms with Crippen molar-refractivity contribution < 1.29 is 0 Å². The maximum Gasteiger partial charge on any atom is 0.0654 e. The highest BCUT2D eigenvalue weighted by Gasteiger charge is 2.09. The molecule has 0 aliphatic rings. The first-order chi connectivity index (χ1) is 8.08. The van der Waals surface area contributed by atoms with Gasteiger partial charge in [-0.25, -0.2) is 0 Å². The fourth-order valence-corrected chi connectivity index (χ4v) is 2.09. The van der Waals surface area contributed by atoms with E-state index in [9.17, 15) is 0 Å². The number of aromatic nitrogens is 2. The molecule has 1 N–H and O–H groups in total. The summed E-state index contributed by atoms with van der Waals surface area (Å²) < 4.78 is 1.90. The molecular weight excluding hydrogens is 210 g/mol. The summed E-state index contributed by atoms with van der Waals surface area (Å²) in [7, 11) is 1.97. The summed E-state index contributed by atoms with van der Waals surface area (Å²) in [6, 6.07) is 8.76. The van der Waals surface area contributed by atoms with Crippen molar-refractivity contribution in [2.24, 2.45) is 7.05 Å². The van der Waals surface area contributed by atoms with Gasteiger partial charge in [-0.1, -0.05) is 17.7 Å². The third kappa shape index (κ3) is 2.49. The van der Waals surface area contributed by atoms with Gasteiger partial charge in [-0.05, 0) is 38.5 Å². The van der Waals surface area contributed by atoms with Gasteiger partial charge in [0.05, 0.1) is 11.7 Å². The normalized spacial score (nSPS) is 12.5. The molecule has 0 saturated carbocycles. The first-order valence-corrected chi connectivity index (χ1v) is 5.89. The summed E-state index contributed by atoms with van der Waals surface area (Å²) in [4.78, 5) is 0. The molecule has 0 aliphatic carbocycles. The van der Waals surface area contributed by atoms with Crippen molar-refractivity contribution in [3.8, 4) is 0 Å². The van der Waals surface area contributed by atoms with Crippen molar-refractivity contribution in [3.05, 3.63) is 47.3 Å². The lowest BCUT2D eigenvalue weighted by Crippen LogP contribution is -2.12. The fraction of sp³-hybridized carbons (Fsp3) is 0.357. The molecule has 2 rings (SSSR count). The molecule has 3 heteroatoms. The second-order valence-electron chi connectivity index (χ2n) is 4.56. The van der Waals surface area contributed by atoms with Gasteiger partial charge in [-0.15, -0.1) is 0 Å². The predicted molar refractivity (Wildman–Crippen MR) is 71.2 cm³/mol. The Morgan fingerprint density at radius 3 is 2.59 bits per heavy atom. The summed E-state index contributed by atoms with van der Waals surface area (Å²) in [6.45, 7) is 6.39. The third-order valence-corrected chi connectivity index (χ3v) is 3.06. The van der Waals surface area contributed by atoms with E-state index in [0.717, 1.165) is 0 Å². The van der Waals surface area contributed by atoms with Crippen molar-refractivity contribution in [1.82, 2.24) is 9.78 Å². The quantitative estimate of drug-likeness (QED) is 0.875. The Bertz CT molecular complexity index is 514. The van der Waals surface area contributed by atoms with Gasteiger partial charge in [0.1, 0.15) is 0 Å². The Morgan fingerprint density at radius 1 is 1.24 bits per heavy atom. The fourth-order valence-electron chi connectivity index (χ4n) is 2.09. The summed E-state index contributed by atoms with van der Waals surface area (Å²) in [5, 5.41) is 7.71. The topological polar surface area (TPSA) is 29.9 Å². The Hall–Kier alpha value is -1.77. The second kappa shape index (κ2) is 4.62. The van der Waals surface area contributed by atoms with Gasteiger partial charge < -0.3 is 5.32 Å². The standard InChI is InChI=1S/C14H19N3/c1-10-5-6-13(11(2)9-10)16-12(3)14-7-8-15-17(14)4/h5-9,12,16H,1-4H3. The number of hydrogen-bond donors (Lipinski definition) is 1. The van der Waals surface area contributed by atoms with Gasteiger partial charge in [0.15, 0.2) is 0 Å². The van der Waals surface area contributed by atoms with Crippen LogP contribution in [0.15, 0.2) is 30.5 Å². The molecule has 0 bridgehead atoms. The van der Waals surface area contributed by atoms with Crippen molar-refractivity contribution in [1.29, 1.82) is 0 Å². The maximum absolute atomic E-state index is 4.19. The highest BCUT2D eigenvalue weighted by molar-refractivity contribution is 5.53. The molecule has 0 radical (unpaired) electrons. The molecule has 3 nitrogen and oxygen atoms in total. The van der Waals surface area contributed by atoms with Crippen molar-refractivity contribution >= 4 is 5.69 Å². The zero-order valence-electron chi connectivity index (χ0n) is 10.9. The van der Waals surface area contributed by atoms with Crippen LogP contribution >= 0.6 is 0 Å². The Balaban J connectivity index is 2.19. The molecule has 0 aliphatic heterocycles. The van der Waals surface area contributed by atoms with Crippen LogP contribution in [0.25, 0.3) is 0 Å². The average Bonchev–Trinajstić information content (AvgIpc) is 2.68. The minimum atomic E-state index is 0.254. The summed E-state index contributed by atoms with van der Waals surface area (Å²) in [5.74, 6) is 0. The van der Waals surface area contributed by atoms with Gasteiger partial charge in [0.2, 0.25) is 0 Å². The molecular formula is C14H19N3. The van der Waals surface area contributed by atoms with E-state index in [1.807, 2.05) is 24.0 Å². The van der Waals surface area contributed by atoms with E-state index in [0.29, 0.717) is 0 Å². The van der Waals surface area contributed by atoms with Gasteiger partial charge in [-0.2, -0.15) is 5.10 Å². The lowest BCUT2D eigenvalue weighted by Gasteiger charge is -2.17. The molecule has 2 aromatic rings. The van der Waals surface area contributed by atoms with Gasteiger partial charge in [0, 0.05) is 18.9 Å². The van der Waals surface area contributed by atoms with E-state index in [1.54, 1.807) is 0 Å². The minimum Gasteiger partial charge on any atom is -0.377 e. The highest BCUT2D eigenvalue weighted by atomic mass is 15.3. The molecule has 90 valence electrons. The maximum atomic E-state index is 4.19. The van der Waals surface area contributed by atoms with E-state index in [-0.39, 0.29) is 6.04 Å². The van der Waals surface area contributed by atoms with Gasteiger partial charge in [-0.3, -0.25) is 4.68 Å². The Kier molecular flexibility index (Phi) is 3.18. The highest BCUT2D eigenvalue weighted by Crippen LogP contribution is 2.22. The van der Waals surface area contributed by atoms with Crippen molar-refractivity contribution in [2.45, 2.75) is 26.8 Å². The summed E-state index contributed by atoms with van der Waals surface area (Å²) in [6.07, 6.45) is 1.83. The van der Waals surface area contributed by atoms with Crippen molar-refractivity contribution in [2.75, 3.05) is 5.32 Å². The largest absolute Gasteiger partial charge is 0.377 e.